The van der Waals surface area contributed by atoms with Crippen LogP contribution in [0.5, 0.6) is 0 Å². The van der Waals surface area contributed by atoms with E-state index in [-0.39, 0.29) is 29.5 Å². The minimum atomic E-state index is -1.62. The van der Waals surface area contributed by atoms with E-state index in [0.29, 0.717) is 30.1 Å². The molecule has 1 heterocycles. The molecule has 7 nitrogen and oxygen atoms in total. The van der Waals surface area contributed by atoms with Gasteiger partial charge >= 0.3 is 11.9 Å². The monoisotopic (exact) mass is 461 g/mol. The number of esters is 2. The van der Waals surface area contributed by atoms with Crippen LogP contribution < -0.4 is 5.73 Å². The summed E-state index contributed by atoms with van der Waals surface area (Å²) in [5, 5.41) is 0. The number of carbonyl (C=O) groups excluding carboxylic acids is 3. The molecule has 0 aromatic carbocycles. The maximum absolute atomic E-state index is 12.9. The van der Waals surface area contributed by atoms with Crippen LogP contribution in [0.3, 0.4) is 0 Å². The molecule has 9 unspecified atom stereocenters. The molecule has 0 aromatic rings. The molecule has 4 saturated carbocycles. The van der Waals surface area contributed by atoms with Crippen molar-refractivity contribution in [3.05, 3.63) is 0 Å². The second kappa shape index (κ2) is 7.43. The van der Waals surface area contributed by atoms with Gasteiger partial charge in [0.15, 0.2) is 0 Å². The average Bonchev–Trinajstić information content (AvgIpc) is 3.36. The predicted octanol–water partition coefficient (Wildman–Crippen LogP) is 3.52. The third-order valence-electron chi connectivity index (χ3n) is 10.8. The lowest BCUT2D eigenvalue weighted by molar-refractivity contribution is -0.160. The first-order valence-electron chi connectivity index (χ1n) is 12.9. The van der Waals surface area contributed by atoms with Crippen molar-refractivity contribution in [2.75, 3.05) is 6.61 Å². The largest absolute Gasteiger partial charge is 0.463 e. The van der Waals surface area contributed by atoms with Gasteiger partial charge in [0.2, 0.25) is 0 Å². The molecular weight excluding hydrogens is 422 g/mol. The fraction of sp³-hybridized carbons (Fsp3) is 0.885. The molecule has 4 aliphatic carbocycles. The lowest BCUT2D eigenvalue weighted by Crippen LogP contribution is -2.57. The number of hydrogen-bond acceptors (Lipinski definition) is 6. The molecule has 5 aliphatic rings. The molecule has 0 radical (unpaired) electrons. The highest BCUT2D eigenvalue weighted by Crippen LogP contribution is 2.76. The number of amides is 1. The van der Waals surface area contributed by atoms with E-state index in [2.05, 4.69) is 13.8 Å². The minimum absolute atomic E-state index is 0.0568. The molecule has 1 aliphatic heterocycles. The molecule has 5 rings (SSSR count). The van der Waals surface area contributed by atoms with Gasteiger partial charge in [-0.3, -0.25) is 9.59 Å². The molecule has 2 N–H and O–H groups in total. The number of ether oxygens (including phenoxy) is 3. The third-order valence-corrected chi connectivity index (χ3v) is 10.8. The normalized spacial score (nSPS) is 50.0. The summed E-state index contributed by atoms with van der Waals surface area (Å²) in [5.74, 6) is 0.684. The first kappa shape index (κ1) is 23.1. The van der Waals surface area contributed by atoms with Gasteiger partial charge in [0.1, 0.15) is 11.7 Å². The van der Waals surface area contributed by atoms with E-state index in [4.69, 9.17) is 19.9 Å². The summed E-state index contributed by atoms with van der Waals surface area (Å²) in [5.41, 5.74) is 3.34. The van der Waals surface area contributed by atoms with Crippen LogP contribution in [0.2, 0.25) is 0 Å². The van der Waals surface area contributed by atoms with E-state index < -0.39 is 23.1 Å². The summed E-state index contributed by atoms with van der Waals surface area (Å²) in [4.78, 5) is 37.0. The van der Waals surface area contributed by atoms with Crippen molar-refractivity contribution in [2.24, 2.45) is 40.2 Å². The molecule has 184 valence electrons. The molecule has 7 heteroatoms. The van der Waals surface area contributed by atoms with E-state index in [0.717, 1.165) is 51.4 Å². The van der Waals surface area contributed by atoms with Crippen LogP contribution in [0.25, 0.3) is 0 Å². The van der Waals surface area contributed by atoms with Crippen molar-refractivity contribution in [2.45, 2.75) is 103 Å². The van der Waals surface area contributed by atoms with Crippen LogP contribution in [0.1, 0.15) is 85.5 Å². The standard InChI is InChI=1S/C26H39NO6/c1-5-31-22(30)26(21(27)29)25(33-26)13-10-20-18-7-6-16-14-17(32-15(2)28)8-11-23(16,3)19(18)9-12-24(20,25)4/h16-20H,5-14H2,1-4H3,(H2,27,29). The van der Waals surface area contributed by atoms with E-state index in [1.54, 1.807) is 6.92 Å². The first-order chi connectivity index (χ1) is 15.6. The SMILES string of the molecule is CCOC(=O)C1(C(N)=O)OC12CCC1C3CCC4CC(OC(C)=O)CCC4(C)C3CCC12C. The second-order valence-corrected chi connectivity index (χ2v) is 11.9. The van der Waals surface area contributed by atoms with Crippen LogP contribution in [-0.4, -0.2) is 41.8 Å². The summed E-state index contributed by atoms with van der Waals surface area (Å²) in [6, 6.07) is 0. The van der Waals surface area contributed by atoms with Gasteiger partial charge in [0.05, 0.1) is 6.61 Å². The fourth-order valence-corrected chi connectivity index (χ4v) is 9.33. The van der Waals surface area contributed by atoms with Crippen LogP contribution in [0.4, 0.5) is 0 Å². The molecule has 1 spiro atoms. The molecule has 9 atom stereocenters. The smallest absolute Gasteiger partial charge is 0.351 e. The van der Waals surface area contributed by atoms with Crippen molar-refractivity contribution in [1.29, 1.82) is 0 Å². The van der Waals surface area contributed by atoms with Crippen LogP contribution in [-0.2, 0) is 28.6 Å². The van der Waals surface area contributed by atoms with Gasteiger partial charge in [-0.25, -0.2) is 4.79 Å². The van der Waals surface area contributed by atoms with E-state index in [1.165, 1.54) is 6.92 Å². The van der Waals surface area contributed by atoms with Crippen molar-refractivity contribution in [1.82, 2.24) is 0 Å². The predicted molar refractivity (Wildman–Crippen MR) is 120 cm³/mol. The zero-order valence-corrected chi connectivity index (χ0v) is 20.5. The number of primary amides is 1. The number of carbonyl (C=O) groups is 3. The van der Waals surface area contributed by atoms with Crippen molar-refractivity contribution < 1.29 is 28.6 Å². The molecule has 0 bridgehead atoms. The van der Waals surface area contributed by atoms with Crippen molar-refractivity contribution in [3.63, 3.8) is 0 Å². The van der Waals surface area contributed by atoms with Crippen LogP contribution in [0.15, 0.2) is 0 Å². The Kier molecular flexibility index (Phi) is 5.21. The van der Waals surface area contributed by atoms with Gasteiger partial charge in [-0.05, 0) is 93.8 Å². The molecular formula is C26H39NO6. The maximum Gasteiger partial charge on any atom is 0.351 e. The Balaban J connectivity index is 1.39. The summed E-state index contributed by atoms with van der Waals surface area (Å²) in [7, 11) is 0. The van der Waals surface area contributed by atoms with E-state index in [1.807, 2.05) is 0 Å². The quantitative estimate of drug-likeness (QED) is 0.390. The van der Waals surface area contributed by atoms with Gasteiger partial charge in [-0.1, -0.05) is 13.8 Å². The van der Waals surface area contributed by atoms with Gasteiger partial charge < -0.3 is 19.9 Å². The Morgan fingerprint density at radius 2 is 1.73 bits per heavy atom. The van der Waals surface area contributed by atoms with E-state index in [9.17, 15) is 14.4 Å². The number of hydrogen-bond donors (Lipinski definition) is 1. The highest BCUT2D eigenvalue weighted by atomic mass is 16.7. The number of nitrogens with two attached hydrogens (primary N) is 1. The topological polar surface area (TPSA) is 108 Å². The summed E-state index contributed by atoms with van der Waals surface area (Å²) < 4.78 is 17.0. The van der Waals surface area contributed by atoms with Gasteiger partial charge in [-0.15, -0.1) is 0 Å². The Morgan fingerprint density at radius 1 is 1.00 bits per heavy atom. The Labute approximate surface area is 196 Å². The molecule has 0 aromatic heterocycles. The Bertz CT molecular complexity index is 875. The highest BCUT2D eigenvalue weighted by molar-refractivity contribution is 6.10. The zero-order chi connectivity index (χ0) is 23.8. The average molecular weight is 462 g/mol. The lowest BCUT2D eigenvalue weighted by atomic mass is 9.44. The molecule has 1 saturated heterocycles. The molecule has 5 fully saturated rings. The Morgan fingerprint density at radius 3 is 2.39 bits per heavy atom. The van der Waals surface area contributed by atoms with Gasteiger partial charge in [0.25, 0.3) is 11.5 Å². The lowest BCUT2D eigenvalue weighted by Gasteiger charge is -2.60. The first-order valence-corrected chi connectivity index (χ1v) is 12.9. The number of fused-ring (bicyclic) bond motifs is 6. The van der Waals surface area contributed by atoms with Gasteiger partial charge in [0, 0.05) is 12.3 Å². The van der Waals surface area contributed by atoms with Gasteiger partial charge in [-0.2, -0.15) is 0 Å². The highest BCUT2D eigenvalue weighted by Gasteiger charge is 2.88. The molecule has 33 heavy (non-hydrogen) atoms. The second-order valence-electron chi connectivity index (χ2n) is 11.9. The maximum atomic E-state index is 12.9. The Hall–Kier alpha value is -1.63. The summed E-state index contributed by atoms with van der Waals surface area (Å²) in [6.07, 6.45) is 9.02. The number of rotatable bonds is 4. The van der Waals surface area contributed by atoms with Crippen molar-refractivity contribution >= 4 is 17.8 Å². The zero-order valence-electron chi connectivity index (χ0n) is 20.5. The van der Waals surface area contributed by atoms with Crippen LogP contribution in [0, 0.1) is 34.5 Å². The third kappa shape index (κ3) is 2.86. The number of epoxide rings is 1. The minimum Gasteiger partial charge on any atom is -0.463 e. The molecule has 1 amide bonds. The van der Waals surface area contributed by atoms with Crippen molar-refractivity contribution in [3.8, 4) is 0 Å². The van der Waals surface area contributed by atoms with E-state index >= 15 is 0 Å². The summed E-state index contributed by atoms with van der Waals surface area (Å²) in [6.45, 7) is 8.14. The fourth-order valence-electron chi connectivity index (χ4n) is 9.33. The summed E-state index contributed by atoms with van der Waals surface area (Å²) >= 11 is 0. The van der Waals surface area contributed by atoms with Crippen LogP contribution >= 0.6 is 0 Å².